The van der Waals surface area contributed by atoms with Crippen molar-refractivity contribution in [2.75, 3.05) is 6.54 Å². The molecule has 2 aromatic carbocycles. The van der Waals surface area contributed by atoms with Gasteiger partial charge in [-0.3, -0.25) is 4.79 Å². The fourth-order valence-electron chi connectivity index (χ4n) is 3.21. The van der Waals surface area contributed by atoms with Crippen LogP contribution in [0.4, 0.5) is 0 Å². The molecule has 0 fully saturated rings. The Morgan fingerprint density at radius 3 is 3.04 bits per heavy atom. The van der Waals surface area contributed by atoms with Crippen molar-refractivity contribution in [3.63, 3.8) is 0 Å². The van der Waals surface area contributed by atoms with Crippen LogP contribution in [0.2, 0.25) is 0 Å². The summed E-state index contributed by atoms with van der Waals surface area (Å²) in [6, 6.07) is 14.2. The highest BCUT2D eigenvalue weighted by Gasteiger charge is 2.07. The zero-order valence-electron chi connectivity index (χ0n) is 14.1. The summed E-state index contributed by atoms with van der Waals surface area (Å²) in [5.41, 5.74) is 5.34. The maximum absolute atomic E-state index is 12.2. The van der Waals surface area contributed by atoms with Crippen LogP contribution in [0, 0.1) is 0 Å². The van der Waals surface area contributed by atoms with Gasteiger partial charge in [0.15, 0.2) is 0 Å². The molecule has 0 saturated carbocycles. The number of rotatable bonds is 5. The summed E-state index contributed by atoms with van der Waals surface area (Å²) in [6.07, 6.45) is 5.00. The molecule has 2 aromatic heterocycles. The number of carbonyl (C=O) groups excluding carboxylic acids is 1. The number of para-hydroxylation sites is 1. The standard InChI is InChI=1S/C20H20N4O/c1-24-13-23-18-10-14(6-7-19(18)24)11-20(25)21-9-8-15-12-22-17-5-3-2-4-16(15)17/h2-7,10,12-13,22H,8-9,11H2,1H3,(H,21,25). The molecular weight excluding hydrogens is 312 g/mol. The molecular formula is C20H20N4O. The summed E-state index contributed by atoms with van der Waals surface area (Å²) in [6.45, 7) is 0.631. The van der Waals surface area contributed by atoms with E-state index in [1.54, 1.807) is 6.33 Å². The third-order valence-electron chi connectivity index (χ3n) is 4.55. The average Bonchev–Trinajstić information content (AvgIpc) is 3.19. The van der Waals surface area contributed by atoms with Gasteiger partial charge in [0, 0.05) is 30.7 Å². The van der Waals surface area contributed by atoms with Gasteiger partial charge >= 0.3 is 0 Å². The second kappa shape index (κ2) is 6.43. The molecule has 4 rings (SSSR count). The van der Waals surface area contributed by atoms with Crippen LogP contribution in [0.25, 0.3) is 21.9 Å². The number of hydrogen-bond acceptors (Lipinski definition) is 2. The fraction of sp³-hybridized carbons (Fsp3) is 0.200. The second-order valence-electron chi connectivity index (χ2n) is 6.31. The molecule has 0 unspecified atom stereocenters. The third kappa shape index (κ3) is 3.13. The van der Waals surface area contributed by atoms with Crippen LogP contribution in [0.5, 0.6) is 0 Å². The Kier molecular flexibility index (Phi) is 3.98. The van der Waals surface area contributed by atoms with E-state index in [-0.39, 0.29) is 5.91 Å². The lowest BCUT2D eigenvalue weighted by molar-refractivity contribution is -0.120. The molecule has 5 heteroatoms. The summed E-state index contributed by atoms with van der Waals surface area (Å²) < 4.78 is 1.97. The number of aryl methyl sites for hydroxylation is 1. The van der Waals surface area contributed by atoms with Gasteiger partial charge in [0.2, 0.25) is 5.91 Å². The second-order valence-corrected chi connectivity index (χ2v) is 6.31. The summed E-state index contributed by atoms with van der Waals surface area (Å²) in [4.78, 5) is 19.8. The largest absolute Gasteiger partial charge is 0.361 e. The average molecular weight is 332 g/mol. The summed E-state index contributed by atoms with van der Waals surface area (Å²) in [5.74, 6) is 0.0372. The number of carbonyl (C=O) groups is 1. The SMILES string of the molecule is Cn1cnc2cc(CC(=O)NCCc3c[nH]c4ccccc34)ccc21. The summed E-state index contributed by atoms with van der Waals surface area (Å²) >= 11 is 0. The van der Waals surface area contributed by atoms with E-state index in [1.807, 2.05) is 48.1 Å². The van der Waals surface area contributed by atoms with Gasteiger partial charge < -0.3 is 14.9 Å². The summed E-state index contributed by atoms with van der Waals surface area (Å²) in [5, 5.41) is 4.23. The van der Waals surface area contributed by atoms with Crippen molar-refractivity contribution >= 4 is 27.8 Å². The highest BCUT2D eigenvalue weighted by molar-refractivity contribution is 5.84. The Bertz CT molecular complexity index is 1040. The van der Waals surface area contributed by atoms with E-state index in [0.717, 1.165) is 28.5 Å². The number of aromatic amines is 1. The minimum absolute atomic E-state index is 0.0372. The molecule has 0 aliphatic rings. The van der Waals surface area contributed by atoms with Crippen LogP contribution in [0.15, 0.2) is 55.0 Å². The van der Waals surface area contributed by atoms with Crippen LogP contribution in [0.1, 0.15) is 11.1 Å². The number of H-pyrrole nitrogens is 1. The fourth-order valence-corrected chi connectivity index (χ4v) is 3.21. The summed E-state index contributed by atoms with van der Waals surface area (Å²) in [7, 11) is 1.96. The minimum atomic E-state index is 0.0372. The van der Waals surface area contributed by atoms with E-state index >= 15 is 0 Å². The normalized spacial score (nSPS) is 11.2. The van der Waals surface area contributed by atoms with Crippen LogP contribution in [-0.4, -0.2) is 27.0 Å². The van der Waals surface area contributed by atoms with Crippen molar-refractivity contribution < 1.29 is 4.79 Å². The lowest BCUT2D eigenvalue weighted by atomic mass is 10.1. The van der Waals surface area contributed by atoms with E-state index in [0.29, 0.717) is 13.0 Å². The molecule has 0 saturated heterocycles. The molecule has 5 nitrogen and oxygen atoms in total. The number of nitrogens with zero attached hydrogens (tertiary/aromatic N) is 2. The van der Waals surface area contributed by atoms with Gasteiger partial charge in [-0.1, -0.05) is 24.3 Å². The molecule has 2 N–H and O–H groups in total. The molecule has 2 heterocycles. The van der Waals surface area contributed by atoms with Gasteiger partial charge in [0.25, 0.3) is 0 Å². The quantitative estimate of drug-likeness (QED) is 0.590. The highest BCUT2D eigenvalue weighted by Crippen LogP contribution is 2.18. The first kappa shape index (κ1) is 15.4. The van der Waals surface area contributed by atoms with Crippen LogP contribution in [0.3, 0.4) is 0 Å². The number of imidazole rings is 1. The highest BCUT2D eigenvalue weighted by atomic mass is 16.1. The van der Waals surface area contributed by atoms with Gasteiger partial charge in [0.05, 0.1) is 23.8 Å². The topological polar surface area (TPSA) is 62.7 Å². The number of hydrogen-bond donors (Lipinski definition) is 2. The predicted molar refractivity (Wildman–Crippen MR) is 99.4 cm³/mol. The van der Waals surface area contributed by atoms with Gasteiger partial charge in [-0.25, -0.2) is 4.98 Å². The van der Waals surface area contributed by atoms with Crippen LogP contribution in [-0.2, 0) is 24.7 Å². The third-order valence-corrected chi connectivity index (χ3v) is 4.55. The number of benzene rings is 2. The molecule has 1 amide bonds. The van der Waals surface area contributed by atoms with Gasteiger partial charge in [-0.2, -0.15) is 0 Å². The van der Waals surface area contributed by atoms with E-state index < -0.39 is 0 Å². The molecule has 0 bridgehead atoms. The maximum atomic E-state index is 12.2. The van der Waals surface area contributed by atoms with E-state index in [1.165, 1.54) is 10.9 Å². The van der Waals surface area contributed by atoms with Crippen molar-refractivity contribution in [2.24, 2.45) is 7.05 Å². The first-order chi connectivity index (χ1) is 12.2. The molecule has 0 aliphatic carbocycles. The Labute approximate surface area is 145 Å². The number of nitrogens with one attached hydrogen (secondary N) is 2. The lowest BCUT2D eigenvalue weighted by Crippen LogP contribution is -2.27. The molecule has 0 aliphatic heterocycles. The zero-order valence-corrected chi connectivity index (χ0v) is 14.1. The van der Waals surface area contributed by atoms with E-state index in [2.05, 4.69) is 27.4 Å². The zero-order chi connectivity index (χ0) is 17.2. The Morgan fingerprint density at radius 1 is 1.24 bits per heavy atom. The first-order valence-electron chi connectivity index (χ1n) is 8.42. The minimum Gasteiger partial charge on any atom is -0.361 e. The van der Waals surface area contributed by atoms with Crippen molar-refractivity contribution in [1.29, 1.82) is 0 Å². The van der Waals surface area contributed by atoms with Crippen molar-refractivity contribution in [2.45, 2.75) is 12.8 Å². The van der Waals surface area contributed by atoms with Crippen molar-refractivity contribution in [1.82, 2.24) is 19.9 Å². The Balaban J connectivity index is 1.35. The first-order valence-corrected chi connectivity index (χ1v) is 8.42. The predicted octanol–water partition coefficient (Wildman–Crippen LogP) is 2.96. The Hall–Kier alpha value is -3.08. The van der Waals surface area contributed by atoms with Crippen molar-refractivity contribution in [3.8, 4) is 0 Å². The molecule has 25 heavy (non-hydrogen) atoms. The maximum Gasteiger partial charge on any atom is 0.224 e. The smallest absolute Gasteiger partial charge is 0.224 e. The number of aromatic nitrogens is 3. The monoisotopic (exact) mass is 332 g/mol. The molecule has 0 spiro atoms. The van der Waals surface area contributed by atoms with E-state index in [9.17, 15) is 4.79 Å². The molecule has 126 valence electrons. The van der Waals surface area contributed by atoms with Gasteiger partial charge in [-0.15, -0.1) is 0 Å². The molecule has 4 aromatic rings. The van der Waals surface area contributed by atoms with Crippen LogP contribution >= 0.6 is 0 Å². The van der Waals surface area contributed by atoms with Gasteiger partial charge in [0.1, 0.15) is 0 Å². The molecule has 0 atom stereocenters. The van der Waals surface area contributed by atoms with E-state index in [4.69, 9.17) is 0 Å². The van der Waals surface area contributed by atoms with Crippen LogP contribution < -0.4 is 5.32 Å². The number of fused-ring (bicyclic) bond motifs is 2. The lowest BCUT2D eigenvalue weighted by Gasteiger charge is -2.05. The van der Waals surface area contributed by atoms with Gasteiger partial charge in [-0.05, 0) is 35.7 Å². The Morgan fingerprint density at radius 2 is 2.12 bits per heavy atom. The number of amides is 1. The molecule has 0 radical (unpaired) electrons. The van der Waals surface area contributed by atoms with Crippen molar-refractivity contribution in [3.05, 3.63) is 66.1 Å².